The molecule has 0 saturated heterocycles. The third-order valence-corrected chi connectivity index (χ3v) is 4.45. The van der Waals surface area contributed by atoms with E-state index in [0.717, 1.165) is 33.2 Å². The summed E-state index contributed by atoms with van der Waals surface area (Å²) >= 11 is 0. The van der Waals surface area contributed by atoms with Crippen LogP contribution in [0.25, 0.3) is 38.4 Å². The zero-order valence-corrected chi connectivity index (χ0v) is 15.8. The Morgan fingerprint density at radius 3 is 2.64 bits per heavy atom. The fourth-order valence-electron chi connectivity index (χ4n) is 3.43. The summed E-state index contributed by atoms with van der Waals surface area (Å²) in [5.74, 6) is 0. The Kier molecular flexibility index (Phi) is 3.83. The Balaban J connectivity index is 0.00000157. The van der Waals surface area contributed by atoms with Crippen LogP contribution in [0.15, 0.2) is 61.2 Å². The number of rotatable bonds is 1. The van der Waals surface area contributed by atoms with Gasteiger partial charge in [0.2, 0.25) is 0 Å². The van der Waals surface area contributed by atoms with E-state index in [1.54, 1.807) is 12.4 Å². The van der Waals surface area contributed by atoms with Gasteiger partial charge in [-0.05, 0) is 17.0 Å². The van der Waals surface area contributed by atoms with Crippen molar-refractivity contribution >= 4 is 27.2 Å². The molecule has 5 aromatic rings. The molecule has 0 aliphatic rings. The van der Waals surface area contributed by atoms with Crippen LogP contribution in [-0.2, 0) is 20.1 Å². The van der Waals surface area contributed by atoms with E-state index in [1.807, 2.05) is 29.0 Å². The summed E-state index contributed by atoms with van der Waals surface area (Å²) in [5, 5.41) is 7.98. The SMILES string of the molecule is Cc1c[c-]c2c(c1-c1cnccn1)c1ccccc1c1ccnn21.[Ir]. The second-order valence-corrected chi connectivity index (χ2v) is 5.83. The van der Waals surface area contributed by atoms with Crippen LogP contribution in [0.1, 0.15) is 5.56 Å². The van der Waals surface area contributed by atoms with Crippen LogP contribution in [0.2, 0.25) is 0 Å². The maximum absolute atomic E-state index is 4.53. The van der Waals surface area contributed by atoms with Crippen molar-refractivity contribution in [3.63, 3.8) is 0 Å². The Morgan fingerprint density at radius 1 is 1.00 bits per heavy atom. The average Bonchev–Trinajstić information content (AvgIpc) is 3.12. The van der Waals surface area contributed by atoms with Crippen LogP contribution < -0.4 is 0 Å². The van der Waals surface area contributed by atoms with Gasteiger partial charge in [-0.25, -0.2) is 0 Å². The summed E-state index contributed by atoms with van der Waals surface area (Å²) in [7, 11) is 0. The minimum Gasteiger partial charge on any atom is -0.261 e. The van der Waals surface area contributed by atoms with Crippen molar-refractivity contribution in [2.24, 2.45) is 0 Å². The molecule has 0 fully saturated rings. The summed E-state index contributed by atoms with van der Waals surface area (Å²) in [5.41, 5.74) is 5.12. The zero-order chi connectivity index (χ0) is 16.1. The number of hydrogen-bond donors (Lipinski definition) is 0. The molecule has 0 aliphatic heterocycles. The Morgan fingerprint density at radius 2 is 1.84 bits per heavy atom. The standard InChI is InChI=1S/C20H13N4.Ir/c1-13-6-7-18-20(19(13)16-12-21-10-11-22-16)15-5-3-2-4-14(15)17-8-9-23-24(17)18;/h2-6,8-12H,1H3;/q-1;. The first kappa shape index (κ1) is 15.9. The van der Waals surface area contributed by atoms with Gasteiger partial charge in [0, 0.05) is 38.7 Å². The van der Waals surface area contributed by atoms with Gasteiger partial charge < -0.3 is 0 Å². The third kappa shape index (κ3) is 2.28. The fraction of sp³-hybridized carbons (Fsp3) is 0.0500. The van der Waals surface area contributed by atoms with Gasteiger partial charge in [0.05, 0.1) is 17.4 Å². The van der Waals surface area contributed by atoms with E-state index < -0.39 is 0 Å². The summed E-state index contributed by atoms with van der Waals surface area (Å²) < 4.78 is 1.96. The molecule has 5 rings (SSSR count). The number of benzene rings is 2. The van der Waals surface area contributed by atoms with Gasteiger partial charge in [0.15, 0.2) is 0 Å². The molecule has 0 amide bonds. The van der Waals surface area contributed by atoms with Crippen LogP contribution in [-0.4, -0.2) is 19.6 Å². The van der Waals surface area contributed by atoms with E-state index in [0.29, 0.717) is 0 Å². The number of fused-ring (bicyclic) bond motifs is 6. The van der Waals surface area contributed by atoms with Crippen molar-refractivity contribution < 1.29 is 20.1 Å². The first-order chi connectivity index (χ1) is 11.8. The predicted octanol–water partition coefficient (Wildman–Crippen LogP) is 4.20. The van der Waals surface area contributed by atoms with Gasteiger partial charge in [-0.2, -0.15) is 17.2 Å². The molecule has 3 aromatic heterocycles. The van der Waals surface area contributed by atoms with E-state index in [4.69, 9.17) is 0 Å². The Hall–Kier alpha value is -2.62. The topological polar surface area (TPSA) is 43.1 Å². The molecule has 0 atom stereocenters. The number of aryl methyl sites for hydroxylation is 1. The van der Waals surface area contributed by atoms with Gasteiger partial charge in [-0.1, -0.05) is 47.5 Å². The van der Waals surface area contributed by atoms with Gasteiger partial charge >= 0.3 is 0 Å². The molecule has 0 aliphatic carbocycles. The van der Waals surface area contributed by atoms with Crippen molar-refractivity contribution in [3.8, 4) is 11.3 Å². The number of pyridine rings is 1. The van der Waals surface area contributed by atoms with Crippen molar-refractivity contribution in [3.05, 3.63) is 72.8 Å². The summed E-state index contributed by atoms with van der Waals surface area (Å²) in [4.78, 5) is 8.77. The van der Waals surface area contributed by atoms with Crippen LogP contribution in [0.5, 0.6) is 0 Å². The van der Waals surface area contributed by atoms with E-state index in [1.165, 1.54) is 10.8 Å². The first-order valence-corrected chi connectivity index (χ1v) is 7.80. The predicted molar refractivity (Wildman–Crippen MR) is 94.8 cm³/mol. The fourth-order valence-corrected chi connectivity index (χ4v) is 3.43. The molecule has 3 heterocycles. The summed E-state index contributed by atoms with van der Waals surface area (Å²) in [6.45, 7) is 2.09. The second-order valence-electron chi connectivity index (χ2n) is 5.83. The third-order valence-electron chi connectivity index (χ3n) is 4.45. The average molecular weight is 502 g/mol. The van der Waals surface area contributed by atoms with E-state index in [-0.39, 0.29) is 20.1 Å². The summed E-state index contributed by atoms with van der Waals surface area (Å²) in [6, 6.07) is 15.9. The number of hydrogen-bond acceptors (Lipinski definition) is 3. The van der Waals surface area contributed by atoms with Gasteiger partial charge in [-0.3, -0.25) is 14.5 Å². The van der Waals surface area contributed by atoms with Gasteiger partial charge in [0.1, 0.15) is 0 Å². The summed E-state index contributed by atoms with van der Waals surface area (Å²) in [6.07, 6.45) is 7.06. The molecule has 5 heteroatoms. The van der Waals surface area contributed by atoms with E-state index in [2.05, 4.69) is 52.3 Å². The molecule has 2 aromatic carbocycles. The second kappa shape index (κ2) is 6.03. The molecule has 25 heavy (non-hydrogen) atoms. The van der Waals surface area contributed by atoms with Crippen LogP contribution >= 0.6 is 0 Å². The van der Waals surface area contributed by atoms with Gasteiger partial charge in [0.25, 0.3) is 0 Å². The van der Waals surface area contributed by atoms with Crippen molar-refractivity contribution in [2.75, 3.05) is 0 Å². The minimum atomic E-state index is 0. The van der Waals surface area contributed by atoms with E-state index >= 15 is 0 Å². The first-order valence-electron chi connectivity index (χ1n) is 7.80. The van der Waals surface area contributed by atoms with Crippen LogP contribution in [0.4, 0.5) is 0 Å². The molecule has 4 nitrogen and oxygen atoms in total. The monoisotopic (exact) mass is 502 g/mol. The largest absolute Gasteiger partial charge is 0.261 e. The van der Waals surface area contributed by atoms with Crippen molar-refractivity contribution in [1.29, 1.82) is 0 Å². The smallest absolute Gasteiger partial charge is 0.0711 e. The molecule has 123 valence electrons. The van der Waals surface area contributed by atoms with Crippen molar-refractivity contribution in [2.45, 2.75) is 6.92 Å². The van der Waals surface area contributed by atoms with Crippen LogP contribution in [0.3, 0.4) is 0 Å². The Labute approximate surface area is 157 Å². The normalized spacial score (nSPS) is 11.1. The molecule has 0 bridgehead atoms. The van der Waals surface area contributed by atoms with Gasteiger partial charge in [-0.15, -0.1) is 5.56 Å². The molecular formula is C20H13IrN4-. The zero-order valence-electron chi connectivity index (χ0n) is 13.4. The molecule has 0 N–H and O–H groups in total. The number of nitrogens with zero attached hydrogens (tertiary/aromatic N) is 4. The molecule has 0 saturated carbocycles. The van der Waals surface area contributed by atoms with E-state index in [9.17, 15) is 0 Å². The maximum atomic E-state index is 4.53. The molecular weight excluding hydrogens is 488 g/mol. The molecule has 0 spiro atoms. The van der Waals surface area contributed by atoms with Crippen molar-refractivity contribution in [1.82, 2.24) is 19.6 Å². The van der Waals surface area contributed by atoms with Crippen LogP contribution in [0, 0.1) is 13.0 Å². The Bertz CT molecular complexity index is 1210. The molecule has 1 radical (unpaired) electrons. The maximum Gasteiger partial charge on any atom is 0.0711 e. The minimum absolute atomic E-state index is 0. The number of aromatic nitrogens is 4. The quantitative estimate of drug-likeness (QED) is 0.255. The molecule has 0 unspecified atom stereocenters.